The second-order valence-electron chi connectivity index (χ2n) is 6.84. The van der Waals surface area contributed by atoms with Gasteiger partial charge in [-0.2, -0.15) is 5.10 Å². The van der Waals surface area contributed by atoms with Crippen LogP contribution in [0.15, 0.2) is 70.4 Å². The van der Waals surface area contributed by atoms with Crippen LogP contribution in [0.3, 0.4) is 0 Å². The first kappa shape index (κ1) is 19.3. The molecule has 9 heteroatoms. The molecular weight excluding hydrogens is 389 g/mol. The van der Waals surface area contributed by atoms with E-state index in [0.717, 1.165) is 4.57 Å². The Hall–Kier alpha value is -4.01. The number of aromatic nitrogens is 4. The molecule has 0 spiro atoms. The molecule has 2 heterocycles. The molecule has 4 aromatic rings. The van der Waals surface area contributed by atoms with Crippen LogP contribution in [0.2, 0.25) is 0 Å². The Labute approximate surface area is 169 Å². The van der Waals surface area contributed by atoms with Crippen molar-refractivity contribution in [1.29, 1.82) is 0 Å². The van der Waals surface area contributed by atoms with E-state index < -0.39 is 23.0 Å². The number of hydrogen-bond acceptors (Lipinski definition) is 4. The van der Waals surface area contributed by atoms with Crippen LogP contribution in [0.4, 0.5) is 10.1 Å². The van der Waals surface area contributed by atoms with E-state index in [4.69, 9.17) is 0 Å². The maximum absolute atomic E-state index is 13.2. The number of rotatable bonds is 5. The fourth-order valence-corrected chi connectivity index (χ4v) is 3.22. The fourth-order valence-electron chi connectivity index (χ4n) is 3.22. The van der Waals surface area contributed by atoms with E-state index in [0.29, 0.717) is 11.3 Å². The summed E-state index contributed by atoms with van der Waals surface area (Å²) in [7, 11) is 1.63. The first-order valence-electron chi connectivity index (χ1n) is 9.19. The number of carbonyl (C=O) groups excluding carboxylic acids is 1. The molecule has 0 unspecified atom stereocenters. The van der Waals surface area contributed by atoms with Crippen molar-refractivity contribution in [2.75, 3.05) is 5.32 Å². The number of aryl methyl sites for hydroxylation is 1. The number of nitrogens with one attached hydrogen (secondary N) is 1. The van der Waals surface area contributed by atoms with Crippen LogP contribution in [0.1, 0.15) is 5.56 Å². The van der Waals surface area contributed by atoms with E-state index in [1.165, 1.54) is 39.7 Å². The molecule has 8 nitrogen and oxygen atoms in total. The summed E-state index contributed by atoms with van der Waals surface area (Å²) in [5.41, 5.74) is 0.300. The number of benzene rings is 2. The van der Waals surface area contributed by atoms with Gasteiger partial charge in [-0.05, 0) is 29.8 Å². The molecule has 0 saturated carbocycles. The normalized spacial score (nSPS) is 11.0. The number of anilines is 1. The van der Waals surface area contributed by atoms with Gasteiger partial charge in [0, 0.05) is 18.9 Å². The van der Waals surface area contributed by atoms with Crippen molar-refractivity contribution in [3.05, 3.63) is 93.0 Å². The lowest BCUT2D eigenvalue weighted by Crippen LogP contribution is -2.41. The van der Waals surface area contributed by atoms with Gasteiger partial charge in [-0.3, -0.25) is 23.4 Å². The average Bonchev–Trinajstić information content (AvgIpc) is 3.12. The van der Waals surface area contributed by atoms with Gasteiger partial charge in [0.15, 0.2) is 5.52 Å². The van der Waals surface area contributed by atoms with Crippen molar-refractivity contribution in [2.24, 2.45) is 7.05 Å². The third-order valence-electron chi connectivity index (χ3n) is 4.62. The topological polar surface area (TPSA) is 90.9 Å². The third-order valence-corrected chi connectivity index (χ3v) is 4.62. The Morgan fingerprint density at radius 3 is 2.43 bits per heavy atom. The molecule has 2 aromatic heterocycles. The lowest BCUT2D eigenvalue weighted by Gasteiger charge is -2.12. The lowest BCUT2D eigenvalue weighted by molar-refractivity contribution is -0.116. The maximum Gasteiger partial charge on any atom is 0.332 e. The zero-order valence-corrected chi connectivity index (χ0v) is 16.1. The Morgan fingerprint density at radius 1 is 1.03 bits per heavy atom. The highest BCUT2D eigenvalue weighted by Gasteiger charge is 2.18. The van der Waals surface area contributed by atoms with Gasteiger partial charge in [-0.15, -0.1) is 0 Å². The quantitative estimate of drug-likeness (QED) is 0.545. The zero-order valence-electron chi connectivity index (χ0n) is 16.1. The van der Waals surface area contributed by atoms with Crippen molar-refractivity contribution in [3.8, 4) is 0 Å². The number of halogens is 1. The maximum atomic E-state index is 13.2. The molecule has 0 saturated heterocycles. The Balaban J connectivity index is 1.76. The van der Waals surface area contributed by atoms with Crippen LogP contribution in [-0.4, -0.2) is 24.8 Å². The minimum Gasteiger partial charge on any atom is -0.325 e. The second-order valence-corrected chi connectivity index (χ2v) is 6.84. The van der Waals surface area contributed by atoms with Gasteiger partial charge in [0.1, 0.15) is 12.4 Å². The minimum atomic E-state index is -0.645. The molecule has 1 amide bonds. The number of fused-ring (bicyclic) bond motifs is 1. The highest BCUT2D eigenvalue weighted by Crippen LogP contribution is 2.09. The molecule has 4 rings (SSSR count). The number of hydrogen-bond donors (Lipinski definition) is 1. The number of amides is 1. The lowest BCUT2D eigenvalue weighted by atomic mass is 10.2. The Kier molecular flexibility index (Phi) is 5.01. The molecule has 152 valence electrons. The summed E-state index contributed by atoms with van der Waals surface area (Å²) in [4.78, 5) is 38.5. The first-order valence-corrected chi connectivity index (χ1v) is 9.19. The van der Waals surface area contributed by atoms with Crippen molar-refractivity contribution in [2.45, 2.75) is 13.1 Å². The summed E-state index contributed by atoms with van der Waals surface area (Å²) in [6, 6.07) is 14.4. The summed E-state index contributed by atoms with van der Waals surface area (Å²) in [5.74, 6) is -0.832. The molecule has 0 aliphatic carbocycles. The summed E-state index contributed by atoms with van der Waals surface area (Å²) in [5, 5.41) is 6.88. The molecule has 0 bridgehead atoms. The fraction of sp³-hybridized carbons (Fsp3) is 0.143. The van der Waals surface area contributed by atoms with E-state index >= 15 is 0 Å². The standard InChI is InChI=1S/C21H18FN5O3/c1-25-12-17-19(24-25)20(29)27(11-14-7-9-15(22)10-8-14)21(30)26(17)13-18(28)23-16-5-3-2-4-6-16/h2-10,12H,11,13H2,1H3,(H,23,28). The highest BCUT2D eigenvalue weighted by atomic mass is 19.1. The second kappa shape index (κ2) is 7.78. The molecule has 2 aromatic carbocycles. The Bertz CT molecular complexity index is 1340. The summed E-state index contributed by atoms with van der Waals surface area (Å²) < 4.78 is 16.8. The summed E-state index contributed by atoms with van der Waals surface area (Å²) >= 11 is 0. The number of carbonyl (C=O) groups is 1. The molecule has 0 aliphatic heterocycles. The molecule has 0 fully saturated rings. The highest BCUT2D eigenvalue weighted by molar-refractivity contribution is 5.91. The van der Waals surface area contributed by atoms with Gasteiger partial charge in [0.2, 0.25) is 5.91 Å². The smallest absolute Gasteiger partial charge is 0.325 e. The molecule has 30 heavy (non-hydrogen) atoms. The van der Waals surface area contributed by atoms with Crippen molar-refractivity contribution >= 4 is 22.6 Å². The first-order chi connectivity index (χ1) is 14.4. The van der Waals surface area contributed by atoms with Gasteiger partial charge < -0.3 is 5.32 Å². The molecular formula is C21H18FN5O3. The summed E-state index contributed by atoms with van der Waals surface area (Å²) in [6.45, 7) is -0.357. The van der Waals surface area contributed by atoms with Gasteiger partial charge in [-0.25, -0.2) is 9.18 Å². The van der Waals surface area contributed by atoms with Crippen molar-refractivity contribution in [1.82, 2.24) is 18.9 Å². The monoisotopic (exact) mass is 407 g/mol. The van der Waals surface area contributed by atoms with Crippen molar-refractivity contribution in [3.63, 3.8) is 0 Å². The van der Waals surface area contributed by atoms with Crippen LogP contribution in [0, 0.1) is 5.82 Å². The van der Waals surface area contributed by atoms with Gasteiger partial charge in [-0.1, -0.05) is 30.3 Å². The molecule has 1 N–H and O–H groups in total. The summed E-state index contributed by atoms with van der Waals surface area (Å²) in [6.07, 6.45) is 1.52. The van der Waals surface area contributed by atoms with E-state index in [-0.39, 0.29) is 24.1 Å². The SMILES string of the molecule is Cn1cc2c(n1)c(=O)n(Cc1ccc(F)cc1)c(=O)n2CC(=O)Nc1ccccc1. The van der Waals surface area contributed by atoms with E-state index in [1.54, 1.807) is 31.3 Å². The largest absolute Gasteiger partial charge is 0.332 e. The Morgan fingerprint density at radius 2 is 1.73 bits per heavy atom. The predicted octanol–water partition coefficient (Wildman–Crippen LogP) is 1.72. The van der Waals surface area contributed by atoms with Crippen LogP contribution in [0.5, 0.6) is 0 Å². The van der Waals surface area contributed by atoms with Gasteiger partial charge in [0.25, 0.3) is 5.56 Å². The molecule has 0 radical (unpaired) electrons. The third kappa shape index (κ3) is 3.77. The molecule has 0 atom stereocenters. The zero-order chi connectivity index (χ0) is 21.3. The molecule has 0 aliphatic rings. The number of nitrogens with zero attached hydrogens (tertiary/aromatic N) is 4. The van der Waals surface area contributed by atoms with Gasteiger partial charge in [0.05, 0.1) is 12.1 Å². The van der Waals surface area contributed by atoms with Crippen LogP contribution >= 0.6 is 0 Å². The van der Waals surface area contributed by atoms with Crippen LogP contribution in [-0.2, 0) is 24.9 Å². The van der Waals surface area contributed by atoms with E-state index in [1.807, 2.05) is 6.07 Å². The van der Waals surface area contributed by atoms with E-state index in [2.05, 4.69) is 10.4 Å². The van der Waals surface area contributed by atoms with Gasteiger partial charge >= 0.3 is 5.69 Å². The van der Waals surface area contributed by atoms with Crippen LogP contribution in [0.25, 0.3) is 11.0 Å². The predicted molar refractivity (Wildman–Crippen MR) is 110 cm³/mol. The van der Waals surface area contributed by atoms with Crippen LogP contribution < -0.4 is 16.6 Å². The average molecular weight is 407 g/mol. The number of para-hydroxylation sites is 1. The minimum absolute atomic E-state index is 0.0647. The van der Waals surface area contributed by atoms with Crippen molar-refractivity contribution < 1.29 is 9.18 Å². The van der Waals surface area contributed by atoms with E-state index in [9.17, 15) is 18.8 Å².